The van der Waals surface area contributed by atoms with Gasteiger partial charge in [-0.1, -0.05) is 30.3 Å². The van der Waals surface area contributed by atoms with Gasteiger partial charge in [-0.2, -0.15) is 0 Å². The number of para-hydroxylation sites is 1. The van der Waals surface area contributed by atoms with Crippen molar-refractivity contribution in [1.29, 1.82) is 0 Å². The van der Waals surface area contributed by atoms with Crippen molar-refractivity contribution < 1.29 is 13.2 Å². The molecule has 0 spiro atoms. The Hall–Kier alpha value is -3.91. The topological polar surface area (TPSA) is 84.4 Å². The quantitative estimate of drug-likeness (QED) is 0.391. The summed E-state index contributed by atoms with van der Waals surface area (Å²) in [4.78, 5) is 2.37. The van der Waals surface area contributed by atoms with E-state index in [-0.39, 0.29) is 4.90 Å². The Morgan fingerprint density at radius 3 is 2.21 bits per heavy atom. The molecule has 1 aliphatic rings. The predicted molar refractivity (Wildman–Crippen MR) is 133 cm³/mol. The molecule has 1 aromatic heterocycles. The summed E-state index contributed by atoms with van der Waals surface area (Å²) in [6.07, 6.45) is 2.35. The third kappa shape index (κ3) is 5.02. The number of ether oxygens (including phenoxy) is 1. The molecule has 4 aromatic rings. The fourth-order valence-electron chi connectivity index (χ4n) is 3.86. The summed E-state index contributed by atoms with van der Waals surface area (Å²) in [5.74, 6) is 2.12. The van der Waals surface area contributed by atoms with Crippen LogP contribution in [0.1, 0.15) is 12.8 Å². The first-order valence-corrected chi connectivity index (χ1v) is 12.6. The fourth-order valence-corrected chi connectivity index (χ4v) is 4.91. The first-order valence-electron chi connectivity index (χ1n) is 11.1. The van der Waals surface area contributed by atoms with Crippen molar-refractivity contribution in [3.8, 4) is 22.8 Å². The molecule has 2 heterocycles. The highest BCUT2D eigenvalue weighted by atomic mass is 32.2. The summed E-state index contributed by atoms with van der Waals surface area (Å²) in [6.45, 7) is 2.01. The average molecular weight is 473 g/mol. The lowest BCUT2D eigenvalue weighted by atomic mass is 10.1. The van der Waals surface area contributed by atoms with Crippen LogP contribution >= 0.6 is 0 Å². The highest BCUT2D eigenvalue weighted by molar-refractivity contribution is 7.92. The van der Waals surface area contributed by atoms with Gasteiger partial charge in [0, 0.05) is 24.3 Å². The molecule has 0 aliphatic carbocycles. The Morgan fingerprint density at radius 1 is 0.765 bits per heavy atom. The third-order valence-corrected chi connectivity index (χ3v) is 7.00. The van der Waals surface area contributed by atoms with Gasteiger partial charge in [0.1, 0.15) is 11.5 Å². The van der Waals surface area contributed by atoms with Gasteiger partial charge in [-0.3, -0.25) is 4.72 Å². The minimum absolute atomic E-state index is 0.146. The minimum Gasteiger partial charge on any atom is -0.457 e. The smallest absolute Gasteiger partial charge is 0.261 e. The molecule has 5 rings (SSSR count). The second-order valence-electron chi connectivity index (χ2n) is 8.04. The average Bonchev–Trinajstić information content (AvgIpc) is 3.40. The number of hydrogen-bond donors (Lipinski definition) is 1. The van der Waals surface area contributed by atoms with E-state index in [1.807, 2.05) is 48.5 Å². The summed E-state index contributed by atoms with van der Waals surface area (Å²) in [5, 5.41) is 8.70. The lowest BCUT2D eigenvalue weighted by Crippen LogP contribution is -2.19. The van der Waals surface area contributed by atoms with Crippen LogP contribution in [-0.4, -0.2) is 31.7 Å². The second kappa shape index (κ2) is 9.52. The zero-order chi connectivity index (χ0) is 23.4. The Bertz CT molecular complexity index is 1350. The zero-order valence-corrected chi connectivity index (χ0v) is 19.3. The van der Waals surface area contributed by atoms with Crippen LogP contribution in [0.2, 0.25) is 0 Å². The second-order valence-corrected chi connectivity index (χ2v) is 9.73. The summed E-state index contributed by atoms with van der Waals surface area (Å²) < 4.78 is 34.2. The van der Waals surface area contributed by atoms with Gasteiger partial charge in [0.2, 0.25) is 0 Å². The number of hydrogen-bond acceptors (Lipinski definition) is 6. The molecule has 1 aliphatic heterocycles. The van der Waals surface area contributed by atoms with E-state index in [4.69, 9.17) is 4.74 Å². The molecule has 1 saturated heterocycles. The standard InChI is InChI=1S/C26H24N4O3S/c31-34(32,24-13-11-23(12-14-24)33-22-9-2-1-3-10-22)29-21-8-6-7-20(19-21)25-15-16-26(28-27-25)30-17-4-5-18-30/h1-3,6-16,19,29H,4-5,17-18H2. The summed E-state index contributed by atoms with van der Waals surface area (Å²) in [6, 6.07) is 26.7. The maximum absolute atomic E-state index is 12.9. The van der Waals surface area contributed by atoms with Crippen LogP contribution in [0.5, 0.6) is 11.5 Å². The molecule has 172 valence electrons. The molecular weight excluding hydrogens is 448 g/mol. The van der Waals surface area contributed by atoms with Gasteiger partial charge in [0.25, 0.3) is 10.0 Å². The van der Waals surface area contributed by atoms with E-state index in [2.05, 4.69) is 19.8 Å². The Balaban J connectivity index is 1.29. The fraction of sp³-hybridized carbons (Fsp3) is 0.154. The molecular formula is C26H24N4O3S. The van der Waals surface area contributed by atoms with Gasteiger partial charge in [0.05, 0.1) is 10.6 Å². The van der Waals surface area contributed by atoms with Crippen LogP contribution in [0.3, 0.4) is 0 Å². The van der Waals surface area contributed by atoms with Crippen LogP contribution in [-0.2, 0) is 10.0 Å². The molecule has 1 N–H and O–H groups in total. The summed E-state index contributed by atoms with van der Waals surface area (Å²) in [7, 11) is -3.77. The van der Waals surface area contributed by atoms with Crippen LogP contribution < -0.4 is 14.4 Å². The molecule has 0 amide bonds. The van der Waals surface area contributed by atoms with E-state index in [0.29, 0.717) is 22.9 Å². The normalized spacial score (nSPS) is 13.6. The maximum Gasteiger partial charge on any atom is 0.261 e. The molecule has 7 nitrogen and oxygen atoms in total. The molecule has 0 radical (unpaired) electrons. The monoisotopic (exact) mass is 472 g/mol. The van der Waals surface area contributed by atoms with Crippen molar-refractivity contribution in [2.45, 2.75) is 17.7 Å². The van der Waals surface area contributed by atoms with E-state index in [9.17, 15) is 8.42 Å². The third-order valence-electron chi connectivity index (χ3n) is 5.60. The van der Waals surface area contributed by atoms with Gasteiger partial charge < -0.3 is 9.64 Å². The number of benzene rings is 3. The van der Waals surface area contributed by atoms with E-state index in [1.54, 1.807) is 30.3 Å². The van der Waals surface area contributed by atoms with Crippen LogP contribution in [0.4, 0.5) is 11.5 Å². The van der Waals surface area contributed by atoms with Crippen molar-refractivity contribution in [2.75, 3.05) is 22.7 Å². The van der Waals surface area contributed by atoms with Crippen molar-refractivity contribution in [2.24, 2.45) is 0 Å². The molecule has 8 heteroatoms. The number of nitrogens with one attached hydrogen (secondary N) is 1. The predicted octanol–water partition coefficient (Wildman–Crippen LogP) is 5.34. The van der Waals surface area contributed by atoms with E-state index >= 15 is 0 Å². The lowest BCUT2D eigenvalue weighted by Gasteiger charge is -2.15. The first-order chi connectivity index (χ1) is 16.6. The van der Waals surface area contributed by atoms with Crippen LogP contribution in [0.25, 0.3) is 11.3 Å². The van der Waals surface area contributed by atoms with Gasteiger partial charge in [-0.15, -0.1) is 10.2 Å². The van der Waals surface area contributed by atoms with Crippen LogP contribution in [0, 0.1) is 0 Å². The summed E-state index contributed by atoms with van der Waals surface area (Å²) >= 11 is 0. The van der Waals surface area contributed by atoms with E-state index in [1.165, 1.54) is 25.0 Å². The van der Waals surface area contributed by atoms with E-state index in [0.717, 1.165) is 24.5 Å². The van der Waals surface area contributed by atoms with Gasteiger partial charge >= 0.3 is 0 Å². The first kappa shape index (κ1) is 21.9. The molecule has 0 saturated carbocycles. The van der Waals surface area contributed by atoms with Crippen LogP contribution in [0.15, 0.2) is 95.9 Å². The highest BCUT2D eigenvalue weighted by Crippen LogP contribution is 2.26. The Kier molecular flexibility index (Phi) is 6.14. The minimum atomic E-state index is -3.77. The van der Waals surface area contributed by atoms with Gasteiger partial charge in [-0.05, 0) is 73.5 Å². The van der Waals surface area contributed by atoms with Crippen molar-refractivity contribution in [1.82, 2.24) is 10.2 Å². The van der Waals surface area contributed by atoms with Crippen molar-refractivity contribution >= 4 is 21.5 Å². The number of anilines is 2. The number of nitrogens with zero attached hydrogens (tertiary/aromatic N) is 3. The largest absolute Gasteiger partial charge is 0.457 e. The van der Waals surface area contributed by atoms with Crippen molar-refractivity contribution in [3.05, 3.63) is 91.0 Å². The molecule has 1 fully saturated rings. The summed E-state index contributed by atoms with van der Waals surface area (Å²) in [5.41, 5.74) is 1.92. The zero-order valence-electron chi connectivity index (χ0n) is 18.5. The maximum atomic E-state index is 12.9. The SMILES string of the molecule is O=S(=O)(Nc1cccc(-c2ccc(N3CCCC3)nn2)c1)c1ccc(Oc2ccccc2)cc1. The van der Waals surface area contributed by atoms with Gasteiger partial charge in [0.15, 0.2) is 5.82 Å². The number of aromatic nitrogens is 2. The van der Waals surface area contributed by atoms with Gasteiger partial charge in [-0.25, -0.2) is 8.42 Å². The molecule has 0 atom stereocenters. The van der Waals surface area contributed by atoms with Crippen molar-refractivity contribution in [3.63, 3.8) is 0 Å². The highest BCUT2D eigenvalue weighted by Gasteiger charge is 2.16. The molecule has 0 bridgehead atoms. The molecule has 34 heavy (non-hydrogen) atoms. The molecule has 3 aromatic carbocycles. The lowest BCUT2D eigenvalue weighted by molar-refractivity contribution is 0.482. The van der Waals surface area contributed by atoms with E-state index < -0.39 is 10.0 Å². The number of sulfonamides is 1. The Morgan fingerprint density at radius 2 is 1.50 bits per heavy atom. The number of rotatable bonds is 7. The Labute approximate surface area is 199 Å². The molecule has 0 unspecified atom stereocenters.